The average Bonchev–Trinajstić information content (AvgIpc) is 3.03. The molecule has 0 atom stereocenters. The topological polar surface area (TPSA) is 60.9 Å². The first kappa shape index (κ1) is 11.9. The van der Waals surface area contributed by atoms with Gasteiger partial charge in [-0.15, -0.1) is 0 Å². The number of pyridine rings is 1. The lowest BCUT2D eigenvalue weighted by atomic mass is 10.3. The molecule has 0 aliphatic carbocycles. The Bertz CT molecular complexity index is 743. The summed E-state index contributed by atoms with van der Waals surface area (Å²) in [6, 6.07) is 5.38. The number of nitrogens with zero attached hydrogens (tertiary/aromatic N) is 3. The molecule has 3 aromatic rings. The van der Waals surface area contributed by atoms with Crippen LogP contribution in [0.25, 0.3) is 11.4 Å². The lowest BCUT2D eigenvalue weighted by Gasteiger charge is -2.01. The number of thiophene rings is 1. The zero-order chi connectivity index (χ0) is 13.2. The van der Waals surface area contributed by atoms with Crippen LogP contribution in [-0.2, 0) is 6.54 Å². The van der Waals surface area contributed by atoms with Gasteiger partial charge in [0.05, 0.1) is 0 Å². The third-order valence-electron chi connectivity index (χ3n) is 2.70. The molecule has 0 spiro atoms. The van der Waals surface area contributed by atoms with Gasteiger partial charge in [0.2, 0.25) is 11.7 Å². The van der Waals surface area contributed by atoms with E-state index in [1.807, 2.05) is 29.8 Å². The van der Waals surface area contributed by atoms with E-state index < -0.39 is 0 Å². The highest BCUT2D eigenvalue weighted by Crippen LogP contribution is 2.18. The molecule has 0 aliphatic heterocycles. The summed E-state index contributed by atoms with van der Waals surface area (Å²) in [5.74, 6) is 0.976. The predicted molar refractivity (Wildman–Crippen MR) is 72.2 cm³/mol. The molecule has 0 saturated carbocycles. The largest absolute Gasteiger partial charge is 0.337 e. The summed E-state index contributed by atoms with van der Waals surface area (Å²) in [5.41, 5.74) is 1.79. The zero-order valence-electron chi connectivity index (χ0n) is 10.2. The van der Waals surface area contributed by atoms with Crippen LogP contribution in [0, 0.1) is 6.92 Å². The van der Waals surface area contributed by atoms with Crippen molar-refractivity contribution in [3.05, 3.63) is 57.0 Å². The smallest absolute Gasteiger partial charge is 0.251 e. The Morgan fingerprint density at radius 1 is 1.42 bits per heavy atom. The van der Waals surface area contributed by atoms with E-state index in [-0.39, 0.29) is 12.1 Å². The highest BCUT2D eigenvalue weighted by atomic mass is 32.1. The minimum Gasteiger partial charge on any atom is -0.337 e. The van der Waals surface area contributed by atoms with Gasteiger partial charge in [-0.25, -0.2) is 0 Å². The monoisotopic (exact) mass is 273 g/mol. The fourth-order valence-electron chi connectivity index (χ4n) is 1.71. The Morgan fingerprint density at radius 2 is 2.32 bits per heavy atom. The van der Waals surface area contributed by atoms with Crippen molar-refractivity contribution in [1.82, 2.24) is 14.7 Å². The number of aryl methyl sites for hydroxylation is 1. The second kappa shape index (κ2) is 4.81. The van der Waals surface area contributed by atoms with Crippen LogP contribution in [-0.4, -0.2) is 14.7 Å². The van der Waals surface area contributed by atoms with E-state index in [9.17, 15) is 4.79 Å². The molecule has 3 heterocycles. The maximum Gasteiger partial charge on any atom is 0.251 e. The molecule has 19 heavy (non-hydrogen) atoms. The molecule has 0 aliphatic rings. The Balaban J connectivity index is 1.86. The molecule has 0 amide bonds. The normalized spacial score (nSPS) is 10.8. The van der Waals surface area contributed by atoms with E-state index in [0.717, 1.165) is 11.1 Å². The van der Waals surface area contributed by atoms with Gasteiger partial charge in [-0.1, -0.05) is 5.16 Å². The Labute approximate surface area is 113 Å². The van der Waals surface area contributed by atoms with Gasteiger partial charge >= 0.3 is 0 Å². The predicted octanol–water partition coefficient (Wildman–Crippen LogP) is 2.32. The van der Waals surface area contributed by atoms with Crippen LogP contribution in [0.3, 0.4) is 0 Å². The fourth-order valence-corrected chi connectivity index (χ4v) is 2.35. The molecule has 3 aromatic heterocycles. The first-order chi connectivity index (χ1) is 9.22. The molecule has 0 unspecified atom stereocenters. The second-order valence-electron chi connectivity index (χ2n) is 4.19. The number of rotatable bonds is 3. The van der Waals surface area contributed by atoms with E-state index in [0.29, 0.717) is 11.7 Å². The fraction of sp³-hybridized carbons (Fsp3) is 0.154. The van der Waals surface area contributed by atoms with Gasteiger partial charge in [-0.3, -0.25) is 4.79 Å². The van der Waals surface area contributed by atoms with E-state index in [1.165, 1.54) is 4.57 Å². The van der Waals surface area contributed by atoms with E-state index >= 15 is 0 Å². The Morgan fingerprint density at radius 3 is 3.05 bits per heavy atom. The summed E-state index contributed by atoms with van der Waals surface area (Å²) < 4.78 is 6.70. The molecule has 96 valence electrons. The lowest BCUT2D eigenvalue weighted by molar-refractivity contribution is 0.370. The number of hydrogen-bond acceptors (Lipinski definition) is 5. The molecule has 0 radical (unpaired) electrons. The summed E-state index contributed by atoms with van der Waals surface area (Å²) in [7, 11) is 0. The number of aromatic nitrogens is 3. The summed E-state index contributed by atoms with van der Waals surface area (Å²) in [4.78, 5) is 16.0. The standard InChI is InChI=1S/C13H11N3O2S/c1-9-2-4-16(12(17)6-9)7-11-14-13(15-18-11)10-3-5-19-8-10/h2-6,8H,7H2,1H3. The van der Waals surface area contributed by atoms with Crippen LogP contribution in [0.4, 0.5) is 0 Å². The molecular weight excluding hydrogens is 262 g/mol. The molecule has 0 fully saturated rings. The molecule has 5 nitrogen and oxygen atoms in total. The molecule has 3 rings (SSSR count). The van der Waals surface area contributed by atoms with E-state index in [2.05, 4.69) is 10.1 Å². The van der Waals surface area contributed by atoms with Gasteiger partial charge in [0.25, 0.3) is 5.56 Å². The highest BCUT2D eigenvalue weighted by molar-refractivity contribution is 7.08. The van der Waals surface area contributed by atoms with Gasteiger partial charge in [0.1, 0.15) is 6.54 Å². The summed E-state index contributed by atoms with van der Waals surface area (Å²) in [6.07, 6.45) is 1.73. The van der Waals surface area contributed by atoms with Gasteiger partial charge < -0.3 is 9.09 Å². The third kappa shape index (κ3) is 2.48. The van der Waals surface area contributed by atoms with Crippen molar-refractivity contribution in [2.45, 2.75) is 13.5 Å². The van der Waals surface area contributed by atoms with Crippen molar-refractivity contribution in [1.29, 1.82) is 0 Å². The number of hydrogen-bond donors (Lipinski definition) is 0. The SMILES string of the molecule is Cc1ccn(Cc2nc(-c3ccsc3)no2)c(=O)c1. The Kier molecular flexibility index (Phi) is 3.00. The second-order valence-corrected chi connectivity index (χ2v) is 4.97. The summed E-state index contributed by atoms with van der Waals surface area (Å²) >= 11 is 1.57. The zero-order valence-corrected chi connectivity index (χ0v) is 11.1. The van der Waals surface area contributed by atoms with Crippen LogP contribution < -0.4 is 5.56 Å². The van der Waals surface area contributed by atoms with Gasteiger partial charge in [-0.05, 0) is 30.0 Å². The van der Waals surface area contributed by atoms with Crippen molar-refractivity contribution in [2.75, 3.05) is 0 Å². The molecule has 0 saturated heterocycles. The van der Waals surface area contributed by atoms with Crippen molar-refractivity contribution in [3.63, 3.8) is 0 Å². The summed E-state index contributed by atoms with van der Waals surface area (Å²) in [5, 5.41) is 7.81. The molecule has 0 bridgehead atoms. The molecule has 0 aromatic carbocycles. The third-order valence-corrected chi connectivity index (χ3v) is 3.39. The van der Waals surface area contributed by atoms with E-state index in [1.54, 1.807) is 23.6 Å². The van der Waals surface area contributed by atoms with E-state index in [4.69, 9.17) is 4.52 Å². The van der Waals surface area contributed by atoms with Crippen molar-refractivity contribution >= 4 is 11.3 Å². The minimum atomic E-state index is -0.0738. The molecule has 0 N–H and O–H groups in total. The van der Waals surface area contributed by atoms with Crippen LogP contribution >= 0.6 is 11.3 Å². The first-order valence-corrected chi connectivity index (χ1v) is 6.69. The van der Waals surface area contributed by atoms with Crippen LogP contribution in [0.15, 0.2) is 44.5 Å². The molecule has 6 heteroatoms. The van der Waals surface area contributed by atoms with Crippen molar-refractivity contribution in [3.8, 4) is 11.4 Å². The minimum absolute atomic E-state index is 0.0738. The first-order valence-electron chi connectivity index (χ1n) is 5.74. The van der Waals surface area contributed by atoms with Crippen LogP contribution in [0.2, 0.25) is 0 Å². The quantitative estimate of drug-likeness (QED) is 0.734. The lowest BCUT2D eigenvalue weighted by Crippen LogP contribution is -2.19. The molecular formula is C13H11N3O2S. The van der Waals surface area contributed by atoms with Crippen molar-refractivity contribution < 1.29 is 4.52 Å². The van der Waals surface area contributed by atoms with Gasteiger partial charge in [0.15, 0.2) is 0 Å². The maximum atomic E-state index is 11.8. The van der Waals surface area contributed by atoms with Crippen molar-refractivity contribution in [2.24, 2.45) is 0 Å². The van der Waals surface area contributed by atoms with Gasteiger partial charge in [-0.2, -0.15) is 16.3 Å². The van der Waals surface area contributed by atoms with Crippen LogP contribution in [0.5, 0.6) is 0 Å². The summed E-state index contributed by atoms with van der Waals surface area (Å²) in [6.45, 7) is 2.17. The maximum absolute atomic E-state index is 11.8. The highest BCUT2D eigenvalue weighted by Gasteiger charge is 2.09. The van der Waals surface area contributed by atoms with Crippen LogP contribution in [0.1, 0.15) is 11.5 Å². The van der Waals surface area contributed by atoms with Gasteiger partial charge in [0, 0.05) is 23.2 Å². The Hall–Kier alpha value is -2.21. The average molecular weight is 273 g/mol.